The second kappa shape index (κ2) is 7.38. The SMILES string of the molecule is NC(=O)c1cccc([C@@H]2CCCN(CCc3ccccc3)C2)n1. The van der Waals surface area contributed by atoms with Gasteiger partial charge in [-0.15, -0.1) is 0 Å². The van der Waals surface area contributed by atoms with Crippen LogP contribution < -0.4 is 5.73 Å². The molecule has 1 aromatic heterocycles. The van der Waals surface area contributed by atoms with Crippen LogP contribution >= 0.6 is 0 Å². The Bertz CT molecular complexity index is 657. The normalized spacial score (nSPS) is 18.7. The Morgan fingerprint density at radius 1 is 1.17 bits per heavy atom. The summed E-state index contributed by atoms with van der Waals surface area (Å²) in [6.07, 6.45) is 3.36. The highest BCUT2D eigenvalue weighted by molar-refractivity contribution is 5.90. The van der Waals surface area contributed by atoms with Crippen LogP contribution in [0.2, 0.25) is 0 Å². The molecule has 2 heterocycles. The van der Waals surface area contributed by atoms with Gasteiger partial charge in [0.1, 0.15) is 5.69 Å². The smallest absolute Gasteiger partial charge is 0.267 e. The van der Waals surface area contributed by atoms with E-state index in [1.165, 1.54) is 12.0 Å². The molecule has 1 aliphatic rings. The van der Waals surface area contributed by atoms with Crippen LogP contribution in [0.1, 0.15) is 40.5 Å². The largest absolute Gasteiger partial charge is 0.364 e. The van der Waals surface area contributed by atoms with E-state index in [2.05, 4.69) is 40.2 Å². The van der Waals surface area contributed by atoms with E-state index in [0.29, 0.717) is 11.6 Å². The van der Waals surface area contributed by atoms with Crippen LogP contribution in [-0.2, 0) is 6.42 Å². The van der Waals surface area contributed by atoms with Crippen molar-refractivity contribution in [1.29, 1.82) is 0 Å². The van der Waals surface area contributed by atoms with Crippen molar-refractivity contribution in [2.24, 2.45) is 5.73 Å². The van der Waals surface area contributed by atoms with Gasteiger partial charge in [-0.25, -0.2) is 4.98 Å². The molecule has 1 fully saturated rings. The van der Waals surface area contributed by atoms with Gasteiger partial charge in [0.25, 0.3) is 5.91 Å². The molecule has 0 aliphatic carbocycles. The van der Waals surface area contributed by atoms with Crippen molar-refractivity contribution in [2.45, 2.75) is 25.2 Å². The third-order valence-corrected chi connectivity index (χ3v) is 4.51. The molecule has 1 saturated heterocycles. The van der Waals surface area contributed by atoms with E-state index in [9.17, 15) is 4.79 Å². The number of carbonyl (C=O) groups is 1. The van der Waals surface area contributed by atoms with E-state index >= 15 is 0 Å². The maximum atomic E-state index is 11.3. The fourth-order valence-electron chi connectivity index (χ4n) is 3.25. The molecule has 0 unspecified atom stereocenters. The van der Waals surface area contributed by atoms with E-state index in [1.807, 2.05) is 12.1 Å². The number of primary amides is 1. The summed E-state index contributed by atoms with van der Waals surface area (Å²) in [5.41, 5.74) is 8.07. The van der Waals surface area contributed by atoms with Crippen LogP contribution in [0.4, 0.5) is 0 Å². The van der Waals surface area contributed by atoms with E-state index in [-0.39, 0.29) is 0 Å². The topological polar surface area (TPSA) is 59.2 Å². The molecule has 0 radical (unpaired) electrons. The molecule has 1 aliphatic heterocycles. The fourth-order valence-corrected chi connectivity index (χ4v) is 3.25. The second-order valence-corrected chi connectivity index (χ2v) is 6.19. The van der Waals surface area contributed by atoms with Crippen molar-refractivity contribution < 1.29 is 4.79 Å². The minimum absolute atomic E-state index is 0.365. The minimum Gasteiger partial charge on any atom is -0.364 e. The fraction of sp³-hybridized carbons (Fsp3) is 0.368. The highest BCUT2D eigenvalue weighted by atomic mass is 16.1. The number of aromatic nitrogens is 1. The van der Waals surface area contributed by atoms with Crippen molar-refractivity contribution in [3.8, 4) is 0 Å². The zero-order chi connectivity index (χ0) is 16.1. The molecule has 0 saturated carbocycles. The van der Waals surface area contributed by atoms with Gasteiger partial charge in [0.2, 0.25) is 0 Å². The number of nitrogens with zero attached hydrogens (tertiary/aromatic N) is 2. The highest BCUT2D eigenvalue weighted by Gasteiger charge is 2.22. The Balaban J connectivity index is 1.62. The quantitative estimate of drug-likeness (QED) is 0.923. The summed E-state index contributed by atoms with van der Waals surface area (Å²) < 4.78 is 0. The average Bonchev–Trinajstić information content (AvgIpc) is 2.61. The van der Waals surface area contributed by atoms with Crippen LogP contribution in [0.25, 0.3) is 0 Å². The lowest BCUT2D eigenvalue weighted by Crippen LogP contribution is -2.36. The van der Waals surface area contributed by atoms with Crippen LogP contribution in [0.15, 0.2) is 48.5 Å². The molecular formula is C19H23N3O. The summed E-state index contributed by atoms with van der Waals surface area (Å²) in [6, 6.07) is 16.2. The average molecular weight is 309 g/mol. The molecule has 0 bridgehead atoms. The first-order chi connectivity index (χ1) is 11.2. The predicted octanol–water partition coefficient (Wildman–Crippen LogP) is 2.60. The van der Waals surface area contributed by atoms with E-state index in [0.717, 1.165) is 38.2 Å². The number of amides is 1. The number of rotatable bonds is 5. The number of benzene rings is 1. The van der Waals surface area contributed by atoms with Crippen LogP contribution in [0, 0.1) is 0 Å². The van der Waals surface area contributed by atoms with Gasteiger partial charge in [0, 0.05) is 24.7 Å². The summed E-state index contributed by atoms with van der Waals surface area (Å²) >= 11 is 0. The number of hydrogen-bond acceptors (Lipinski definition) is 3. The molecule has 4 nitrogen and oxygen atoms in total. The Hall–Kier alpha value is -2.20. The van der Waals surface area contributed by atoms with Crippen molar-refractivity contribution >= 4 is 5.91 Å². The van der Waals surface area contributed by atoms with Gasteiger partial charge in [-0.1, -0.05) is 36.4 Å². The number of piperidine rings is 1. The lowest BCUT2D eigenvalue weighted by molar-refractivity contribution is 0.0995. The van der Waals surface area contributed by atoms with Crippen LogP contribution in [0.5, 0.6) is 0 Å². The summed E-state index contributed by atoms with van der Waals surface area (Å²) in [5.74, 6) is -0.0672. The standard InChI is InChI=1S/C19H23N3O/c20-19(23)18-10-4-9-17(21-18)16-8-5-12-22(14-16)13-11-15-6-2-1-3-7-15/h1-4,6-7,9-10,16H,5,8,11-14H2,(H2,20,23)/t16-/m1/s1. The van der Waals surface area contributed by atoms with Crippen molar-refractivity contribution in [1.82, 2.24) is 9.88 Å². The molecule has 0 spiro atoms. The molecule has 3 rings (SSSR count). The molecule has 1 amide bonds. The highest BCUT2D eigenvalue weighted by Crippen LogP contribution is 2.25. The van der Waals surface area contributed by atoms with E-state index < -0.39 is 5.91 Å². The number of pyridine rings is 1. The van der Waals surface area contributed by atoms with Crippen molar-refractivity contribution in [3.63, 3.8) is 0 Å². The Labute approximate surface area is 137 Å². The van der Waals surface area contributed by atoms with Gasteiger partial charge in [0.15, 0.2) is 0 Å². The first-order valence-electron chi connectivity index (χ1n) is 8.25. The van der Waals surface area contributed by atoms with Crippen molar-refractivity contribution in [3.05, 3.63) is 65.5 Å². The van der Waals surface area contributed by atoms with Gasteiger partial charge >= 0.3 is 0 Å². The Morgan fingerprint density at radius 2 is 2.00 bits per heavy atom. The minimum atomic E-state index is -0.455. The molecule has 120 valence electrons. The maximum Gasteiger partial charge on any atom is 0.267 e. The van der Waals surface area contributed by atoms with Crippen LogP contribution in [0.3, 0.4) is 0 Å². The summed E-state index contributed by atoms with van der Waals surface area (Å²) in [4.78, 5) is 18.3. The molecule has 1 aromatic carbocycles. The molecule has 4 heteroatoms. The molecule has 23 heavy (non-hydrogen) atoms. The number of nitrogens with two attached hydrogens (primary N) is 1. The lowest BCUT2D eigenvalue weighted by atomic mass is 9.93. The molecule has 2 aromatic rings. The molecule has 1 atom stereocenters. The van der Waals surface area contributed by atoms with E-state index in [1.54, 1.807) is 6.07 Å². The zero-order valence-corrected chi connectivity index (χ0v) is 13.3. The number of likely N-dealkylation sites (tertiary alicyclic amines) is 1. The Kier molecular flexibility index (Phi) is 5.03. The summed E-state index contributed by atoms with van der Waals surface area (Å²) in [5, 5.41) is 0. The first kappa shape index (κ1) is 15.7. The van der Waals surface area contributed by atoms with Gasteiger partial charge in [0.05, 0.1) is 0 Å². The van der Waals surface area contributed by atoms with Gasteiger partial charge in [-0.3, -0.25) is 4.79 Å². The summed E-state index contributed by atoms with van der Waals surface area (Å²) in [6.45, 7) is 3.21. The zero-order valence-electron chi connectivity index (χ0n) is 13.3. The number of carbonyl (C=O) groups excluding carboxylic acids is 1. The van der Waals surface area contributed by atoms with Gasteiger partial charge in [-0.2, -0.15) is 0 Å². The van der Waals surface area contributed by atoms with E-state index in [4.69, 9.17) is 5.73 Å². The monoisotopic (exact) mass is 309 g/mol. The summed E-state index contributed by atoms with van der Waals surface area (Å²) in [7, 11) is 0. The van der Waals surface area contributed by atoms with Crippen molar-refractivity contribution in [2.75, 3.05) is 19.6 Å². The third kappa shape index (κ3) is 4.17. The second-order valence-electron chi connectivity index (χ2n) is 6.19. The third-order valence-electron chi connectivity index (χ3n) is 4.51. The van der Waals surface area contributed by atoms with Gasteiger partial charge in [-0.05, 0) is 43.5 Å². The maximum absolute atomic E-state index is 11.3. The first-order valence-corrected chi connectivity index (χ1v) is 8.25. The lowest BCUT2D eigenvalue weighted by Gasteiger charge is -2.32. The Morgan fingerprint density at radius 3 is 2.78 bits per heavy atom. The van der Waals surface area contributed by atoms with Crippen LogP contribution in [-0.4, -0.2) is 35.4 Å². The molecular weight excluding hydrogens is 286 g/mol. The molecule has 2 N–H and O–H groups in total. The predicted molar refractivity (Wildman–Crippen MR) is 91.3 cm³/mol. The van der Waals surface area contributed by atoms with Gasteiger partial charge < -0.3 is 10.6 Å². The number of hydrogen-bond donors (Lipinski definition) is 1.